The summed E-state index contributed by atoms with van der Waals surface area (Å²) in [5, 5.41) is 4.01. The van der Waals surface area contributed by atoms with Crippen LogP contribution in [0, 0.1) is 5.82 Å². The van der Waals surface area contributed by atoms with E-state index in [9.17, 15) is 4.39 Å². The van der Waals surface area contributed by atoms with Crippen molar-refractivity contribution in [1.29, 1.82) is 0 Å². The van der Waals surface area contributed by atoms with Crippen LogP contribution in [0.3, 0.4) is 0 Å². The maximum atomic E-state index is 13.8. The predicted octanol–water partition coefficient (Wildman–Crippen LogP) is 5.36. The molecule has 1 N–H and O–H groups in total. The van der Waals surface area contributed by atoms with Crippen molar-refractivity contribution < 1.29 is 13.9 Å². The fourth-order valence-electron chi connectivity index (χ4n) is 2.68. The quantitative estimate of drug-likeness (QED) is 0.566. The van der Waals surface area contributed by atoms with Crippen molar-refractivity contribution in [3.8, 4) is 11.5 Å². The average Bonchev–Trinajstić information content (AvgIpc) is 2.69. The standard InChI is InChI=1S/C22H21ClFNO2/c1-26-20-9-6-16(7-10-20)13-25-14-18-12-19(23)8-11-22(18)27-15-17-4-2-3-5-21(17)24/h2-12,25H,13-15H2,1H3. The van der Waals surface area contributed by atoms with Crippen LogP contribution in [0.15, 0.2) is 66.7 Å². The number of halogens is 2. The van der Waals surface area contributed by atoms with Gasteiger partial charge in [-0.15, -0.1) is 0 Å². The normalized spacial score (nSPS) is 10.6. The van der Waals surface area contributed by atoms with Crippen LogP contribution in [0.25, 0.3) is 0 Å². The summed E-state index contributed by atoms with van der Waals surface area (Å²) in [6, 6.07) is 19.9. The van der Waals surface area contributed by atoms with Crippen LogP contribution in [0.2, 0.25) is 5.02 Å². The molecule has 5 heteroatoms. The lowest BCUT2D eigenvalue weighted by atomic mass is 10.1. The van der Waals surface area contributed by atoms with Gasteiger partial charge in [-0.25, -0.2) is 4.39 Å². The zero-order chi connectivity index (χ0) is 19.1. The molecule has 3 aromatic carbocycles. The molecule has 0 atom stereocenters. The average molecular weight is 386 g/mol. The zero-order valence-electron chi connectivity index (χ0n) is 15.0. The molecule has 0 spiro atoms. The molecule has 3 aromatic rings. The van der Waals surface area contributed by atoms with Gasteiger partial charge < -0.3 is 14.8 Å². The summed E-state index contributed by atoms with van der Waals surface area (Å²) >= 11 is 6.13. The third kappa shape index (κ3) is 5.46. The molecule has 140 valence electrons. The summed E-state index contributed by atoms with van der Waals surface area (Å²) < 4.78 is 24.8. The molecular formula is C22H21ClFNO2. The molecule has 0 saturated carbocycles. The van der Waals surface area contributed by atoms with E-state index in [-0.39, 0.29) is 12.4 Å². The minimum Gasteiger partial charge on any atom is -0.497 e. The molecule has 0 unspecified atom stereocenters. The summed E-state index contributed by atoms with van der Waals surface area (Å²) in [6.45, 7) is 1.45. The Kier molecular flexibility index (Phi) is 6.69. The summed E-state index contributed by atoms with van der Waals surface area (Å²) in [5.41, 5.74) is 2.59. The molecule has 0 amide bonds. The van der Waals surface area contributed by atoms with E-state index in [1.54, 1.807) is 31.4 Å². The molecule has 27 heavy (non-hydrogen) atoms. The van der Waals surface area contributed by atoms with Crippen LogP contribution >= 0.6 is 11.6 Å². The molecule has 0 bridgehead atoms. The highest BCUT2D eigenvalue weighted by Crippen LogP contribution is 2.24. The smallest absolute Gasteiger partial charge is 0.129 e. The van der Waals surface area contributed by atoms with E-state index in [4.69, 9.17) is 21.1 Å². The largest absolute Gasteiger partial charge is 0.497 e. The molecule has 0 heterocycles. The lowest BCUT2D eigenvalue weighted by Crippen LogP contribution is -2.13. The van der Waals surface area contributed by atoms with Crippen LogP contribution < -0.4 is 14.8 Å². The first-order valence-electron chi connectivity index (χ1n) is 8.64. The molecule has 0 aliphatic heterocycles. The van der Waals surface area contributed by atoms with Crippen molar-refractivity contribution in [1.82, 2.24) is 5.32 Å². The molecule has 0 fully saturated rings. The Bertz CT molecular complexity index is 884. The highest BCUT2D eigenvalue weighted by molar-refractivity contribution is 6.30. The Morgan fingerprint density at radius 2 is 1.70 bits per heavy atom. The first-order valence-corrected chi connectivity index (χ1v) is 9.02. The van der Waals surface area contributed by atoms with Gasteiger partial charge >= 0.3 is 0 Å². The predicted molar refractivity (Wildman–Crippen MR) is 106 cm³/mol. The van der Waals surface area contributed by atoms with Crippen LogP contribution in [-0.4, -0.2) is 7.11 Å². The van der Waals surface area contributed by atoms with Gasteiger partial charge in [0.1, 0.15) is 23.9 Å². The first kappa shape index (κ1) is 19.2. The highest BCUT2D eigenvalue weighted by Gasteiger charge is 2.07. The second-order valence-corrected chi connectivity index (χ2v) is 6.52. The topological polar surface area (TPSA) is 30.5 Å². The van der Waals surface area contributed by atoms with Gasteiger partial charge in [-0.3, -0.25) is 0 Å². The van der Waals surface area contributed by atoms with Gasteiger partial charge in [-0.1, -0.05) is 41.9 Å². The van der Waals surface area contributed by atoms with Gasteiger partial charge in [0.25, 0.3) is 0 Å². The number of rotatable bonds is 8. The van der Waals surface area contributed by atoms with Crippen LogP contribution in [0.5, 0.6) is 11.5 Å². The molecule has 0 saturated heterocycles. The van der Waals surface area contributed by atoms with Gasteiger partial charge in [0.15, 0.2) is 0 Å². The maximum absolute atomic E-state index is 13.8. The lowest BCUT2D eigenvalue weighted by Gasteiger charge is -2.13. The van der Waals surface area contributed by atoms with Gasteiger partial charge in [0.05, 0.1) is 7.11 Å². The van der Waals surface area contributed by atoms with E-state index < -0.39 is 0 Å². The molecule has 3 nitrogen and oxygen atoms in total. The first-order chi connectivity index (χ1) is 13.2. The Morgan fingerprint density at radius 3 is 2.44 bits per heavy atom. The summed E-state index contributed by atoms with van der Waals surface area (Å²) in [4.78, 5) is 0. The molecular weight excluding hydrogens is 365 g/mol. The van der Waals surface area contributed by atoms with Crippen LogP contribution in [-0.2, 0) is 19.7 Å². The molecule has 0 aromatic heterocycles. The summed E-state index contributed by atoms with van der Waals surface area (Å²) in [7, 11) is 1.65. The maximum Gasteiger partial charge on any atom is 0.129 e. The SMILES string of the molecule is COc1ccc(CNCc2cc(Cl)ccc2OCc2ccccc2F)cc1. The fraction of sp³-hybridized carbons (Fsp3) is 0.182. The number of nitrogens with one attached hydrogen (secondary N) is 1. The van der Waals surface area contributed by atoms with Crippen molar-refractivity contribution in [2.24, 2.45) is 0 Å². The number of methoxy groups -OCH3 is 1. The molecule has 0 aliphatic carbocycles. The Labute approximate surface area is 163 Å². The van der Waals surface area contributed by atoms with Crippen LogP contribution in [0.4, 0.5) is 4.39 Å². The number of ether oxygens (including phenoxy) is 2. The monoisotopic (exact) mass is 385 g/mol. The van der Waals surface area contributed by atoms with Crippen molar-refractivity contribution in [3.05, 3.63) is 94.3 Å². The minimum atomic E-state index is -0.273. The number of hydrogen-bond acceptors (Lipinski definition) is 3. The van der Waals surface area contributed by atoms with Crippen molar-refractivity contribution in [2.45, 2.75) is 19.7 Å². The summed E-state index contributed by atoms with van der Waals surface area (Å²) in [6.07, 6.45) is 0. The lowest BCUT2D eigenvalue weighted by molar-refractivity contribution is 0.296. The Morgan fingerprint density at radius 1 is 0.926 bits per heavy atom. The van der Waals surface area contributed by atoms with Crippen molar-refractivity contribution >= 4 is 11.6 Å². The second kappa shape index (κ2) is 9.40. The van der Waals surface area contributed by atoms with E-state index in [0.29, 0.717) is 29.4 Å². The molecule has 0 radical (unpaired) electrons. The Hall–Kier alpha value is -2.56. The van der Waals surface area contributed by atoms with E-state index >= 15 is 0 Å². The van der Waals surface area contributed by atoms with Gasteiger partial charge in [-0.05, 0) is 42.0 Å². The number of benzene rings is 3. The van der Waals surface area contributed by atoms with Gasteiger partial charge in [-0.2, -0.15) is 0 Å². The molecule has 0 aliphatic rings. The highest BCUT2D eigenvalue weighted by atomic mass is 35.5. The van der Waals surface area contributed by atoms with E-state index in [0.717, 1.165) is 16.9 Å². The molecule has 3 rings (SSSR count). The van der Waals surface area contributed by atoms with Crippen molar-refractivity contribution in [2.75, 3.05) is 7.11 Å². The van der Waals surface area contributed by atoms with E-state index in [1.165, 1.54) is 6.07 Å². The summed E-state index contributed by atoms with van der Waals surface area (Å²) in [5.74, 6) is 1.24. The third-order valence-corrected chi connectivity index (χ3v) is 4.40. The van der Waals surface area contributed by atoms with E-state index in [2.05, 4.69) is 5.32 Å². The van der Waals surface area contributed by atoms with Gasteiger partial charge in [0.2, 0.25) is 0 Å². The minimum absolute atomic E-state index is 0.166. The zero-order valence-corrected chi connectivity index (χ0v) is 15.8. The third-order valence-electron chi connectivity index (χ3n) is 4.17. The second-order valence-electron chi connectivity index (χ2n) is 6.08. The van der Waals surface area contributed by atoms with Crippen LogP contribution in [0.1, 0.15) is 16.7 Å². The van der Waals surface area contributed by atoms with E-state index in [1.807, 2.05) is 36.4 Å². The van der Waals surface area contributed by atoms with Gasteiger partial charge in [0, 0.05) is 29.2 Å². The Balaban J connectivity index is 1.62. The fourth-order valence-corrected chi connectivity index (χ4v) is 2.88. The number of hydrogen-bond donors (Lipinski definition) is 1. The van der Waals surface area contributed by atoms with Crippen molar-refractivity contribution in [3.63, 3.8) is 0 Å².